The molecule has 2 heteroatoms. The molecule has 5 aromatic carbocycles. The summed E-state index contributed by atoms with van der Waals surface area (Å²) in [7, 11) is -0.611. The van der Waals surface area contributed by atoms with Gasteiger partial charge in [-0.2, -0.15) is 0 Å². The molecule has 0 bridgehead atoms. The summed E-state index contributed by atoms with van der Waals surface area (Å²) in [4.78, 5) is 0. The third-order valence-electron chi connectivity index (χ3n) is 5.70. The van der Waals surface area contributed by atoms with E-state index >= 15 is 0 Å². The van der Waals surface area contributed by atoms with E-state index in [-0.39, 0.29) is 0 Å². The van der Waals surface area contributed by atoms with Gasteiger partial charge in [-0.25, -0.2) is 0 Å². The van der Waals surface area contributed by atoms with Crippen molar-refractivity contribution in [2.24, 2.45) is 0 Å². The highest BCUT2D eigenvalue weighted by atomic mass is 31.1. The molecule has 168 valence electrons. The lowest BCUT2D eigenvalue weighted by molar-refractivity contribution is 0.475. The number of phenolic OH excluding ortho intramolecular Hbond substituents is 1. The Kier molecular flexibility index (Phi) is 7.91. The minimum absolute atomic E-state index is 0.313. The molecule has 0 aliphatic rings. The van der Waals surface area contributed by atoms with Crippen LogP contribution in [0.1, 0.15) is 11.1 Å². The number of hydrogen-bond donors (Lipinski definition) is 1. The van der Waals surface area contributed by atoms with Crippen molar-refractivity contribution in [1.82, 2.24) is 0 Å². The maximum Gasteiger partial charge on any atom is 0.115 e. The van der Waals surface area contributed by atoms with Crippen LogP contribution >= 0.6 is 7.92 Å². The maximum atomic E-state index is 9.60. The third-order valence-corrected chi connectivity index (χ3v) is 8.48. The Morgan fingerprint density at radius 1 is 0.441 bits per heavy atom. The topological polar surface area (TPSA) is 20.2 Å². The smallest absolute Gasteiger partial charge is 0.115 e. The van der Waals surface area contributed by atoms with Crippen molar-refractivity contribution in [1.29, 1.82) is 0 Å². The Morgan fingerprint density at radius 2 is 0.824 bits per heavy atom. The van der Waals surface area contributed by atoms with Crippen molar-refractivity contribution in [2.45, 2.75) is 13.8 Å². The largest absolute Gasteiger partial charge is 0.508 e. The van der Waals surface area contributed by atoms with Crippen molar-refractivity contribution in [3.8, 4) is 16.9 Å². The zero-order valence-corrected chi connectivity index (χ0v) is 20.5. The molecule has 1 N–H and O–H groups in total. The molecule has 0 radical (unpaired) electrons. The molecule has 0 fully saturated rings. The van der Waals surface area contributed by atoms with Crippen LogP contribution in [-0.2, 0) is 0 Å². The first-order valence-corrected chi connectivity index (χ1v) is 12.8. The lowest BCUT2D eigenvalue weighted by Crippen LogP contribution is -2.23. The van der Waals surface area contributed by atoms with Crippen molar-refractivity contribution in [3.63, 3.8) is 0 Å². The molecule has 0 atom stereocenters. The summed E-state index contributed by atoms with van der Waals surface area (Å²) < 4.78 is 0. The van der Waals surface area contributed by atoms with Crippen LogP contribution in [0.15, 0.2) is 133 Å². The summed E-state index contributed by atoms with van der Waals surface area (Å²) in [5.74, 6) is 0.313. The molecule has 5 rings (SSSR count). The zero-order valence-electron chi connectivity index (χ0n) is 19.6. The quantitative estimate of drug-likeness (QED) is 0.283. The average Bonchev–Trinajstić information content (AvgIpc) is 2.89. The molecule has 0 unspecified atom stereocenters. The Balaban J connectivity index is 0.000000192. The standard InChI is InChI=1S/C20H19OP.C12H10/c1-15-7-3-5-9-19(15)22(18-13-11-17(21)12-14-18)20-10-6-4-8-16(20)2;1-3-7-11(8-4-1)12-9-5-2-6-10-12/h3-14,21H,1-2H3;1-10H. The van der Waals surface area contributed by atoms with Gasteiger partial charge in [0.05, 0.1) is 0 Å². The van der Waals surface area contributed by atoms with Crippen LogP contribution in [0.4, 0.5) is 0 Å². The van der Waals surface area contributed by atoms with E-state index in [1.165, 1.54) is 38.2 Å². The second kappa shape index (κ2) is 11.5. The Labute approximate surface area is 204 Å². The summed E-state index contributed by atoms with van der Waals surface area (Å²) in [5, 5.41) is 13.6. The van der Waals surface area contributed by atoms with Gasteiger partial charge >= 0.3 is 0 Å². The second-order valence-corrected chi connectivity index (χ2v) is 10.3. The van der Waals surface area contributed by atoms with Crippen LogP contribution in [0.5, 0.6) is 5.75 Å². The summed E-state index contributed by atoms with van der Waals surface area (Å²) in [6, 6.07) is 45.6. The highest BCUT2D eigenvalue weighted by Crippen LogP contribution is 2.35. The molecule has 0 aliphatic carbocycles. The normalized spacial score (nSPS) is 10.4. The van der Waals surface area contributed by atoms with Gasteiger partial charge in [-0.1, -0.05) is 121 Å². The maximum absolute atomic E-state index is 9.60. The van der Waals surface area contributed by atoms with Crippen molar-refractivity contribution >= 4 is 23.8 Å². The monoisotopic (exact) mass is 460 g/mol. The molecule has 0 amide bonds. The molecule has 0 saturated heterocycles. The molecule has 0 aliphatic heterocycles. The van der Waals surface area contributed by atoms with Crippen LogP contribution in [0.2, 0.25) is 0 Å². The number of aryl methyl sites for hydroxylation is 2. The minimum atomic E-state index is -0.611. The van der Waals surface area contributed by atoms with Gasteiger partial charge < -0.3 is 5.11 Å². The van der Waals surface area contributed by atoms with E-state index in [9.17, 15) is 5.11 Å². The van der Waals surface area contributed by atoms with E-state index < -0.39 is 7.92 Å². The molecule has 0 spiro atoms. The highest BCUT2D eigenvalue weighted by molar-refractivity contribution is 7.80. The lowest BCUT2D eigenvalue weighted by Gasteiger charge is -2.22. The molecule has 5 aromatic rings. The predicted octanol–water partition coefficient (Wildman–Crippen LogP) is 7.12. The van der Waals surface area contributed by atoms with E-state index in [1.54, 1.807) is 12.1 Å². The van der Waals surface area contributed by atoms with Crippen molar-refractivity contribution < 1.29 is 5.11 Å². The Bertz CT molecular complexity index is 1230. The van der Waals surface area contributed by atoms with Crippen LogP contribution in [0.3, 0.4) is 0 Å². The average molecular weight is 461 g/mol. The van der Waals surface area contributed by atoms with Gasteiger partial charge in [0.2, 0.25) is 0 Å². The lowest BCUT2D eigenvalue weighted by atomic mass is 10.1. The fourth-order valence-electron chi connectivity index (χ4n) is 3.90. The first kappa shape index (κ1) is 23.5. The van der Waals surface area contributed by atoms with Gasteiger partial charge in [-0.3, -0.25) is 0 Å². The summed E-state index contributed by atoms with van der Waals surface area (Å²) in [6.07, 6.45) is 0. The highest BCUT2D eigenvalue weighted by Gasteiger charge is 2.19. The van der Waals surface area contributed by atoms with Crippen molar-refractivity contribution in [3.05, 3.63) is 145 Å². The fourth-order valence-corrected chi connectivity index (χ4v) is 6.49. The minimum Gasteiger partial charge on any atom is -0.508 e. The van der Waals surface area contributed by atoms with Crippen LogP contribution in [0.25, 0.3) is 11.1 Å². The number of rotatable bonds is 4. The second-order valence-electron chi connectivity index (χ2n) is 8.16. The SMILES string of the molecule is Cc1ccccc1P(c1ccc(O)cc1)c1ccccc1C.c1ccc(-c2ccccc2)cc1. The molecule has 34 heavy (non-hydrogen) atoms. The molecular formula is C32H29OP. The van der Waals surface area contributed by atoms with Gasteiger partial charge in [0.15, 0.2) is 0 Å². The van der Waals surface area contributed by atoms with E-state index in [4.69, 9.17) is 0 Å². The van der Waals surface area contributed by atoms with E-state index in [1.807, 2.05) is 24.3 Å². The fraction of sp³-hybridized carbons (Fsp3) is 0.0625. The van der Waals surface area contributed by atoms with Crippen LogP contribution < -0.4 is 15.9 Å². The van der Waals surface area contributed by atoms with Gasteiger partial charge in [0, 0.05) is 0 Å². The van der Waals surface area contributed by atoms with Crippen molar-refractivity contribution in [2.75, 3.05) is 0 Å². The Morgan fingerprint density at radius 3 is 1.24 bits per heavy atom. The molecular weight excluding hydrogens is 431 g/mol. The molecule has 0 aromatic heterocycles. The van der Waals surface area contributed by atoms with Gasteiger partial charge in [-0.05, 0) is 72.1 Å². The first-order chi connectivity index (χ1) is 16.6. The summed E-state index contributed by atoms with van der Waals surface area (Å²) in [6.45, 7) is 4.34. The number of phenols is 1. The summed E-state index contributed by atoms with van der Waals surface area (Å²) >= 11 is 0. The Hall–Kier alpha value is -3.67. The van der Waals surface area contributed by atoms with Gasteiger partial charge in [0.25, 0.3) is 0 Å². The van der Waals surface area contributed by atoms with E-state index in [0.717, 1.165) is 0 Å². The number of benzene rings is 5. The first-order valence-electron chi connectivity index (χ1n) is 11.4. The zero-order chi connectivity index (χ0) is 23.8. The van der Waals surface area contributed by atoms with Crippen LogP contribution in [-0.4, -0.2) is 5.11 Å². The predicted molar refractivity (Wildman–Crippen MR) is 148 cm³/mol. The van der Waals surface area contributed by atoms with Gasteiger partial charge in [-0.15, -0.1) is 0 Å². The molecule has 1 nitrogen and oxygen atoms in total. The van der Waals surface area contributed by atoms with E-state index in [2.05, 4.69) is 111 Å². The summed E-state index contributed by atoms with van der Waals surface area (Å²) in [5.41, 5.74) is 5.17. The molecule has 0 heterocycles. The number of aromatic hydroxyl groups is 1. The number of hydrogen-bond acceptors (Lipinski definition) is 1. The van der Waals surface area contributed by atoms with Gasteiger partial charge in [0.1, 0.15) is 5.75 Å². The van der Waals surface area contributed by atoms with Crippen LogP contribution in [0, 0.1) is 13.8 Å². The third kappa shape index (κ3) is 5.81. The van der Waals surface area contributed by atoms with E-state index in [0.29, 0.717) is 5.75 Å². The molecule has 0 saturated carbocycles.